The van der Waals surface area contributed by atoms with E-state index in [-0.39, 0.29) is 0 Å². The predicted molar refractivity (Wildman–Crippen MR) is 116 cm³/mol. The van der Waals surface area contributed by atoms with Crippen molar-refractivity contribution in [1.82, 2.24) is 0 Å². The molecule has 2 rings (SSSR count). The monoisotopic (exact) mass is 434 g/mol. The molecule has 0 aliphatic rings. The van der Waals surface area contributed by atoms with Gasteiger partial charge in [0, 0.05) is 10.8 Å². The normalized spacial score (nSPS) is 10.9. The Morgan fingerprint density at radius 3 is 1.93 bits per heavy atom. The van der Waals surface area contributed by atoms with Crippen LogP contribution in [0, 0.1) is 0 Å². The summed E-state index contributed by atoms with van der Waals surface area (Å²) in [6, 6.07) is 7.75. The van der Waals surface area contributed by atoms with Crippen molar-refractivity contribution in [2.24, 2.45) is 0 Å². The lowest BCUT2D eigenvalue weighted by Gasteiger charge is -2.16. The molecule has 0 saturated heterocycles. The fourth-order valence-electron chi connectivity index (χ4n) is 3.15. The van der Waals surface area contributed by atoms with E-state index >= 15 is 0 Å². The average Bonchev–Trinajstić information content (AvgIpc) is 2.68. The van der Waals surface area contributed by atoms with Crippen LogP contribution >= 0.6 is 15.9 Å². The van der Waals surface area contributed by atoms with Gasteiger partial charge in [0.05, 0.1) is 23.2 Å². The molecule has 0 aromatic heterocycles. The standard InChI is InChI=1S/C23H31BrO3/c1-3-5-7-9-15-26-22-18(17-25)11-12-20-19(22)13-14-21(24)23(20)27-16-10-8-6-4-2/h11-14,17H,3-10,15-16H2,1-2H3. The fraction of sp³-hybridized carbons (Fsp3) is 0.522. The summed E-state index contributed by atoms with van der Waals surface area (Å²) >= 11 is 3.61. The fourth-order valence-corrected chi connectivity index (χ4v) is 3.61. The van der Waals surface area contributed by atoms with E-state index in [1.165, 1.54) is 32.1 Å². The van der Waals surface area contributed by atoms with E-state index in [1.54, 1.807) is 0 Å². The van der Waals surface area contributed by atoms with Gasteiger partial charge >= 0.3 is 0 Å². The maximum Gasteiger partial charge on any atom is 0.153 e. The van der Waals surface area contributed by atoms with E-state index < -0.39 is 0 Å². The van der Waals surface area contributed by atoms with Gasteiger partial charge in [-0.3, -0.25) is 4.79 Å². The Morgan fingerprint density at radius 2 is 1.33 bits per heavy atom. The Bertz CT molecular complexity index is 727. The molecular formula is C23H31BrO3. The molecule has 148 valence electrons. The predicted octanol–water partition coefficient (Wildman–Crippen LogP) is 7.33. The maximum absolute atomic E-state index is 11.5. The quantitative estimate of drug-likeness (QED) is 0.244. The highest BCUT2D eigenvalue weighted by Gasteiger charge is 2.14. The zero-order valence-corrected chi connectivity index (χ0v) is 18.1. The van der Waals surface area contributed by atoms with E-state index in [0.29, 0.717) is 24.5 Å². The number of benzene rings is 2. The van der Waals surface area contributed by atoms with Gasteiger partial charge in [0.2, 0.25) is 0 Å². The van der Waals surface area contributed by atoms with Crippen LogP contribution in [0.1, 0.15) is 75.6 Å². The zero-order valence-electron chi connectivity index (χ0n) is 16.6. The summed E-state index contributed by atoms with van der Waals surface area (Å²) < 4.78 is 13.1. The molecule has 3 nitrogen and oxygen atoms in total. The lowest BCUT2D eigenvalue weighted by molar-refractivity contribution is 0.111. The van der Waals surface area contributed by atoms with Gasteiger partial charge in [-0.1, -0.05) is 52.4 Å². The minimum Gasteiger partial charge on any atom is -0.492 e. The topological polar surface area (TPSA) is 35.5 Å². The smallest absolute Gasteiger partial charge is 0.153 e. The van der Waals surface area contributed by atoms with Crippen molar-refractivity contribution in [3.63, 3.8) is 0 Å². The molecule has 2 aromatic rings. The van der Waals surface area contributed by atoms with Crippen molar-refractivity contribution >= 4 is 33.0 Å². The number of carbonyl (C=O) groups is 1. The van der Waals surface area contributed by atoms with E-state index in [4.69, 9.17) is 9.47 Å². The van der Waals surface area contributed by atoms with Gasteiger partial charge in [0.15, 0.2) is 6.29 Å². The molecule has 27 heavy (non-hydrogen) atoms. The molecule has 0 heterocycles. The Kier molecular flexibility index (Phi) is 9.68. The molecule has 0 amide bonds. The summed E-state index contributed by atoms with van der Waals surface area (Å²) in [6.07, 6.45) is 10.1. The van der Waals surface area contributed by atoms with Gasteiger partial charge in [-0.05, 0) is 53.0 Å². The number of aldehydes is 1. The second kappa shape index (κ2) is 12.0. The molecule has 0 bridgehead atoms. The van der Waals surface area contributed by atoms with E-state index in [9.17, 15) is 4.79 Å². The largest absolute Gasteiger partial charge is 0.492 e. The number of carbonyl (C=O) groups excluding carboxylic acids is 1. The second-order valence-corrected chi connectivity index (χ2v) is 7.75. The number of hydrogen-bond acceptors (Lipinski definition) is 3. The molecule has 0 aliphatic carbocycles. The van der Waals surface area contributed by atoms with Crippen molar-refractivity contribution < 1.29 is 14.3 Å². The Morgan fingerprint density at radius 1 is 0.778 bits per heavy atom. The van der Waals surface area contributed by atoms with Crippen LogP contribution in [0.25, 0.3) is 10.8 Å². The Hall–Kier alpha value is -1.55. The Labute approximate surface area is 171 Å². The van der Waals surface area contributed by atoms with Crippen LogP contribution in [0.5, 0.6) is 11.5 Å². The molecule has 0 saturated carbocycles. The summed E-state index contributed by atoms with van der Waals surface area (Å²) in [5.41, 5.74) is 0.592. The minimum atomic E-state index is 0.592. The highest BCUT2D eigenvalue weighted by molar-refractivity contribution is 9.10. The molecule has 0 fully saturated rings. The first kappa shape index (κ1) is 21.7. The van der Waals surface area contributed by atoms with Crippen molar-refractivity contribution in [2.45, 2.75) is 65.2 Å². The van der Waals surface area contributed by atoms with Gasteiger partial charge < -0.3 is 9.47 Å². The molecule has 0 N–H and O–H groups in total. The summed E-state index contributed by atoms with van der Waals surface area (Å²) in [4.78, 5) is 11.5. The number of halogens is 1. The van der Waals surface area contributed by atoms with Crippen LogP contribution in [0.2, 0.25) is 0 Å². The van der Waals surface area contributed by atoms with Gasteiger partial charge in [-0.2, -0.15) is 0 Å². The molecule has 0 unspecified atom stereocenters. The van der Waals surface area contributed by atoms with Crippen molar-refractivity contribution in [2.75, 3.05) is 13.2 Å². The number of unbranched alkanes of at least 4 members (excludes halogenated alkanes) is 6. The number of hydrogen-bond donors (Lipinski definition) is 0. The van der Waals surface area contributed by atoms with Crippen molar-refractivity contribution in [1.29, 1.82) is 0 Å². The van der Waals surface area contributed by atoms with Crippen LogP contribution in [-0.2, 0) is 0 Å². The molecule has 0 aliphatic heterocycles. The highest BCUT2D eigenvalue weighted by Crippen LogP contribution is 2.39. The van der Waals surface area contributed by atoms with Crippen LogP contribution < -0.4 is 9.47 Å². The molecule has 2 aromatic carbocycles. The van der Waals surface area contributed by atoms with E-state index in [2.05, 4.69) is 29.8 Å². The van der Waals surface area contributed by atoms with Crippen LogP contribution in [-0.4, -0.2) is 19.5 Å². The van der Waals surface area contributed by atoms with E-state index in [0.717, 1.165) is 46.5 Å². The first-order valence-corrected chi connectivity index (χ1v) is 11.0. The summed E-state index contributed by atoms with van der Waals surface area (Å²) in [5.74, 6) is 1.50. The molecule has 4 heteroatoms. The zero-order chi connectivity index (χ0) is 19.5. The highest BCUT2D eigenvalue weighted by atomic mass is 79.9. The first-order valence-electron chi connectivity index (χ1n) is 10.2. The minimum absolute atomic E-state index is 0.592. The third-order valence-corrected chi connectivity index (χ3v) is 5.32. The lowest BCUT2D eigenvalue weighted by Crippen LogP contribution is -2.02. The third kappa shape index (κ3) is 6.24. The van der Waals surface area contributed by atoms with Crippen molar-refractivity contribution in [3.8, 4) is 11.5 Å². The molecular weight excluding hydrogens is 404 g/mol. The van der Waals surface area contributed by atoms with Crippen LogP contribution in [0.3, 0.4) is 0 Å². The van der Waals surface area contributed by atoms with Crippen molar-refractivity contribution in [3.05, 3.63) is 34.3 Å². The van der Waals surface area contributed by atoms with E-state index in [1.807, 2.05) is 24.3 Å². The van der Waals surface area contributed by atoms with Crippen LogP contribution in [0.15, 0.2) is 28.7 Å². The first-order chi connectivity index (χ1) is 13.2. The molecule has 0 atom stereocenters. The summed E-state index contributed by atoms with van der Waals surface area (Å²) in [7, 11) is 0. The number of ether oxygens (including phenoxy) is 2. The SMILES string of the molecule is CCCCCCOc1c(Br)ccc2c(OCCCCCC)c(C=O)ccc12. The molecule has 0 spiro atoms. The summed E-state index contributed by atoms with van der Waals surface area (Å²) in [5, 5.41) is 1.91. The van der Waals surface area contributed by atoms with Gasteiger partial charge in [-0.25, -0.2) is 0 Å². The third-order valence-electron chi connectivity index (χ3n) is 4.70. The van der Waals surface area contributed by atoms with Crippen LogP contribution in [0.4, 0.5) is 0 Å². The van der Waals surface area contributed by atoms with Gasteiger partial charge in [-0.15, -0.1) is 0 Å². The number of rotatable bonds is 13. The maximum atomic E-state index is 11.5. The number of fused-ring (bicyclic) bond motifs is 1. The summed E-state index contributed by atoms with van der Waals surface area (Å²) in [6.45, 7) is 5.72. The average molecular weight is 435 g/mol. The Balaban J connectivity index is 2.21. The van der Waals surface area contributed by atoms with Gasteiger partial charge in [0.1, 0.15) is 11.5 Å². The lowest BCUT2D eigenvalue weighted by atomic mass is 10.0. The van der Waals surface area contributed by atoms with Gasteiger partial charge in [0.25, 0.3) is 0 Å². The second-order valence-electron chi connectivity index (χ2n) is 6.89. The molecule has 0 radical (unpaired) electrons.